The molecule has 0 aliphatic rings. The van der Waals surface area contributed by atoms with Gasteiger partial charge < -0.3 is 5.11 Å². The third-order valence-corrected chi connectivity index (χ3v) is 2.41. The predicted molar refractivity (Wildman–Crippen MR) is 56.5 cm³/mol. The molecule has 0 unspecified atom stereocenters. The van der Waals surface area contributed by atoms with Gasteiger partial charge >= 0.3 is 5.97 Å². The molecule has 0 aromatic heterocycles. The fourth-order valence-electron chi connectivity index (χ4n) is 1.55. The Morgan fingerprint density at radius 1 is 1.47 bits per heavy atom. The minimum atomic E-state index is -0.824. The van der Waals surface area contributed by atoms with E-state index in [1.54, 1.807) is 0 Å². The third-order valence-electron chi connectivity index (χ3n) is 2.41. The quantitative estimate of drug-likeness (QED) is 0.814. The van der Waals surface area contributed by atoms with Crippen LogP contribution in [0.25, 0.3) is 0 Å². The number of carboxylic acids is 1. The fourth-order valence-corrected chi connectivity index (χ4v) is 1.55. The first kappa shape index (κ1) is 11.3. The molecule has 1 rings (SSSR count). The molecule has 0 amide bonds. The molecule has 1 aromatic rings. The van der Waals surface area contributed by atoms with Crippen LogP contribution in [-0.4, -0.2) is 11.1 Å². The number of nitriles is 1. The molecule has 3 heteroatoms. The van der Waals surface area contributed by atoms with E-state index in [-0.39, 0.29) is 6.42 Å². The second kappa shape index (κ2) is 5.16. The van der Waals surface area contributed by atoms with E-state index in [1.807, 2.05) is 25.1 Å². The molecule has 0 aliphatic carbocycles. The minimum Gasteiger partial charge on any atom is -0.481 e. The molecule has 15 heavy (non-hydrogen) atoms. The van der Waals surface area contributed by atoms with Crippen LogP contribution >= 0.6 is 0 Å². The van der Waals surface area contributed by atoms with Crippen LogP contribution in [0.2, 0.25) is 0 Å². The highest BCUT2D eigenvalue weighted by molar-refractivity contribution is 5.70. The summed E-state index contributed by atoms with van der Waals surface area (Å²) in [6.07, 6.45) is 1.21. The average molecular weight is 203 g/mol. The number of aryl methyl sites for hydroxylation is 1. The second-order valence-electron chi connectivity index (χ2n) is 3.43. The molecule has 0 bridgehead atoms. The molecule has 0 fully saturated rings. The van der Waals surface area contributed by atoms with Gasteiger partial charge in [0, 0.05) is 6.42 Å². The number of aliphatic carboxylic acids is 1. The Bertz CT molecular complexity index is 405. The Kier molecular flexibility index (Phi) is 3.87. The summed E-state index contributed by atoms with van der Waals surface area (Å²) in [6, 6.07) is 7.69. The lowest BCUT2D eigenvalue weighted by Crippen LogP contribution is -2.03. The zero-order valence-corrected chi connectivity index (χ0v) is 8.66. The Morgan fingerprint density at radius 3 is 2.73 bits per heavy atom. The van der Waals surface area contributed by atoms with Crippen molar-refractivity contribution in [1.29, 1.82) is 5.26 Å². The van der Waals surface area contributed by atoms with Crippen molar-refractivity contribution in [3.63, 3.8) is 0 Å². The Labute approximate surface area is 89.0 Å². The topological polar surface area (TPSA) is 61.1 Å². The maximum atomic E-state index is 10.6. The summed E-state index contributed by atoms with van der Waals surface area (Å²) in [4.78, 5) is 10.6. The Morgan fingerprint density at radius 2 is 2.13 bits per heavy atom. The average Bonchev–Trinajstić information content (AvgIpc) is 2.19. The molecule has 0 saturated carbocycles. The van der Waals surface area contributed by atoms with Crippen LogP contribution in [0.15, 0.2) is 18.2 Å². The van der Waals surface area contributed by atoms with Crippen LogP contribution in [0.4, 0.5) is 0 Å². The number of rotatable bonds is 4. The summed E-state index contributed by atoms with van der Waals surface area (Å²) in [5, 5.41) is 17.2. The largest absolute Gasteiger partial charge is 0.481 e. The van der Waals surface area contributed by atoms with Crippen LogP contribution in [0.5, 0.6) is 0 Å². The van der Waals surface area contributed by atoms with E-state index in [4.69, 9.17) is 10.4 Å². The smallest absolute Gasteiger partial charge is 0.307 e. The van der Waals surface area contributed by atoms with Gasteiger partial charge in [-0.2, -0.15) is 5.26 Å². The monoisotopic (exact) mass is 203 g/mol. The number of carboxylic acid groups (broad SMARTS) is 1. The molecule has 0 radical (unpaired) electrons. The van der Waals surface area contributed by atoms with Gasteiger partial charge in [-0.3, -0.25) is 4.79 Å². The third kappa shape index (κ3) is 3.10. The van der Waals surface area contributed by atoms with Gasteiger partial charge in [-0.15, -0.1) is 0 Å². The van der Waals surface area contributed by atoms with E-state index < -0.39 is 5.97 Å². The summed E-state index contributed by atoms with van der Waals surface area (Å²) in [5.74, 6) is -0.824. The maximum absolute atomic E-state index is 10.6. The summed E-state index contributed by atoms with van der Waals surface area (Å²) in [7, 11) is 0. The normalized spacial score (nSPS) is 9.60. The van der Waals surface area contributed by atoms with E-state index >= 15 is 0 Å². The van der Waals surface area contributed by atoms with E-state index in [9.17, 15) is 4.79 Å². The van der Waals surface area contributed by atoms with Crippen molar-refractivity contribution >= 4 is 5.97 Å². The van der Waals surface area contributed by atoms with Crippen molar-refractivity contribution in [3.8, 4) is 6.07 Å². The lowest BCUT2D eigenvalue weighted by atomic mass is 9.97. The van der Waals surface area contributed by atoms with Crippen molar-refractivity contribution in [2.45, 2.75) is 26.2 Å². The highest BCUT2D eigenvalue weighted by Crippen LogP contribution is 2.15. The van der Waals surface area contributed by atoms with Crippen LogP contribution in [0.3, 0.4) is 0 Å². The number of benzene rings is 1. The zero-order valence-electron chi connectivity index (χ0n) is 8.66. The van der Waals surface area contributed by atoms with Crippen molar-refractivity contribution in [2.24, 2.45) is 0 Å². The van der Waals surface area contributed by atoms with Crippen LogP contribution in [0.1, 0.15) is 23.1 Å². The molecule has 0 heterocycles. The van der Waals surface area contributed by atoms with Gasteiger partial charge in [-0.05, 0) is 30.0 Å². The number of hydrogen-bond donors (Lipinski definition) is 1. The standard InChI is InChI=1S/C12H13NO2/c1-9-10(6-3-7-13)4-2-5-11(9)8-12(14)15/h2,4-5H,3,6,8H2,1H3,(H,14,15). The lowest BCUT2D eigenvalue weighted by Gasteiger charge is -2.08. The first-order valence-electron chi connectivity index (χ1n) is 4.81. The highest BCUT2D eigenvalue weighted by atomic mass is 16.4. The Hall–Kier alpha value is -1.82. The van der Waals surface area contributed by atoms with Gasteiger partial charge in [0.2, 0.25) is 0 Å². The predicted octanol–water partition coefficient (Wildman–Crippen LogP) is 2.08. The van der Waals surface area contributed by atoms with Crippen molar-refractivity contribution in [2.75, 3.05) is 0 Å². The molecular weight excluding hydrogens is 190 g/mol. The molecule has 1 N–H and O–H groups in total. The summed E-state index contributed by atoms with van der Waals surface area (Å²) in [6.45, 7) is 1.91. The minimum absolute atomic E-state index is 0.0478. The van der Waals surface area contributed by atoms with Crippen LogP contribution < -0.4 is 0 Å². The molecule has 3 nitrogen and oxygen atoms in total. The van der Waals surface area contributed by atoms with Gasteiger partial charge in [-0.1, -0.05) is 18.2 Å². The molecule has 78 valence electrons. The first-order valence-corrected chi connectivity index (χ1v) is 4.81. The number of carbonyl (C=O) groups is 1. The molecule has 0 spiro atoms. The molecule has 1 aromatic carbocycles. The molecule has 0 saturated heterocycles. The van der Waals surface area contributed by atoms with E-state index in [2.05, 4.69) is 6.07 Å². The lowest BCUT2D eigenvalue weighted by molar-refractivity contribution is -0.136. The number of hydrogen-bond acceptors (Lipinski definition) is 2. The van der Waals surface area contributed by atoms with Crippen molar-refractivity contribution in [1.82, 2.24) is 0 Å². The summed E-state index contributed by atoms with van der Waals surface area (Å²) < 4.78 is 0. The SMILES string of the molecule is Cc1c(CCC#N)cccc1CC(=O)O. The number of nitrogens with zero attached hydrogens (tertiary/aromatic N) is 1. The molecular formula is C12H13NO2. The van der Waals surface area contributed by atoms with Gasteiger partial charge in [0.05, 0.1) is 12.5 Å². The van der Waals surface area contributed by atoms with Gasteiger partial charge in [-0.25, -0.2) is 0 Å². The summed E-state index contributed by atoms with van der Waals surface area (Å²) in [5.41, 5.74) is 2.89. The highest BCUT2D eigenvalue weighted by Gasteiger charge is 2.06. The Balaban J connectivity index is 2.90. The van der Waals surface area contributed by atoms with E-state index in [0.29, 0.717) is 12.8 Å². The van der Waals surface area contributed by atoms with Gasteiger partial charge in [0.25, 0.3) is 0 Å². The first-order chi connectivity index (χ1) is 7.15. The van der Waals surface area contributed by atoms with Crippen molar-refractivity contribution < 1.29 is 9.90 Å². The summed E-state index contributed by atoms with van der Waals surface area (Å²) >= 11 is 0. The van der Waals surface area contributed by atoms with Crippen LogP contribution in [0, 0.1) is 18.3 Å². The maximum Gasteiger partial charge on any atom is 0.307 e. The molecule has 0 aliphatic heterocycles. The van der Waals surface area contributed by atoms with E-state index in [0.717, 1.165) is 16.7 Å². The van der Waals surface area contributed by atoms with E-state index in [1.165, 1.54) is 0 Å². The van der Waals surface area contributed by atoms with Crippen LogP contribution in [-0.2, 0) is 17.6 Å². The van der Waals surface area contributed by atoms with Gasteiger partial charge in [0.1, 0.15) is 0 Å². The van der Waals surface area contributed by atoms with Gasteiger partial charge in [0.15, 0.2) is 0 Å². The molecule has 0 atom stereocenters. The zero-order chi connectivity index (χ0) is 11.3. The fraction of sp³-hybridized carbons (Fsp3) is 0.333. The van der Waals surface area contributed by atoms with Crippen molar-refractivity contribution in [3.05, 3.63) is 34.9 Å². The second-order valence-corrected chi connectivity index (χ2v) is 3.43.